The number of cyclic esters (lactones) is 1. The highest BCUT2D eigenvalue weighted by Crippen LogP contribution is 2.16. The largest absolute Gasteiger partial charge is 0.458 e. The van der Waals surface area contributed by atoms with Gasteiger partial charge in [-0.05, 0) is 32.4 Å². The van der Waals surface area contributed by atoms with Gasteiger partial charge in [-0.25, -0.2) is 4.79 Å². The van der Waals surface area contributed by atoms with Gasteiger partial charge in [-0.2, -0.15) is 0 Å². The van der Waals surface area contributed by atoms with Gasteiger partial charge >= 0.3 is 17.9 Å². The number of carbonyl (C=O) groups is 3. The lowest BCUT2D eigenvalue weighted by atomic mass is 10.0. The van der Waals surface area contributed by atoms with Crippen LogP contribution in [0.3, 0.4) is 0 Å². The van der Waals surface area contributed by atoms with Gasteiger partial charge in [0, 0.05) is 19.4 Å². The zero-order chi connectivity index (χ0) is 17.4. The van der Waals surface area contributed by atoms with Crippen molar-refractivity contribution in [1.29, 1.82) is 0 Å². The van der Waals surface area contributed by atoms with Crippen LogP contribution in [0.5, 0.6) is 0 Å². The monoisotopic (exact) mass is 326 g/mol. The Bertz CT molecular complexity index is 495. The number of aliphatic hydroxyl groups excluding tert-OH is 1. The van der Waals surface area contributed by atoms with Gasteiger partial charge in [0.1, 0.15) is 12.2 Å². The lowest BCUT2D eigenvalue weighted by molar-refractivity contribution is -0.162. The van der Waals surface area contributed by atoms with E-state index in [1.807, 2.05) is 0 Å². The molecular formula is C16H22O7. The van der Waals surface area contributed by atoms with Crippen molar-refractivity contribution < 1.29 is 33.7 Å². The summed E-state index contributed by atoms with van der Waals surface area (Å²) in [5.74, 6) is -1.68. The van der Waals surface area contributed by atoms with Gasteiger partial charge in [-0.3, -0.25) is 9.59 Å². The van der Waals surface area contributed by atoms with E-state index >= 15 is 0 Å². The Balaban J connectivity index is 2.99. The van der Waals surface area contributed by atoms with Crippen molar-refractivity contribution in [3.8, 4) is 0 Å². The highest BCUT2D eigenvalue weighted by Gasteiger charge is 2.27. The highest BCUT2D eigenvalue weighted by atomic mass is 16.6. The van der Waals surface area contributed by atoms with Crippen LogP contribution in [0, 0.1) is 0 Å². The van der Waals surface area contributed by atoms with Gasteiger partial charge in [0.15, 0.2) is 6.10 Å². The Morgan fingerprint density at radius 2 is 1.96 bits per heavy atom. The van der Waals surface area contributed by atoms with Gasteiger partial charge in [0.25, 0.3) is 0 Å². The predicted molar refractivity (Wildman–Crippen MR) is 80.2 cm³/mol. The summed E-state index contributed by atoms with van der Waals surface area (Å²) in [6.07, 6.45) is 2.16. The van der Waals surface area contributed by atoms with Crippen LogP contribution in [0.4, 0.5) is 0 Å². The minimum atomic E-state index is -1.05. The van der Waals surface area contributed by atoms with Gasteiger partial charge in [-0.1, -0.05) is 6.08 Å². The summed E-state index contributed by atoms with van der Waals surface area (Å²) >= 11 is 0. The molecule has 1 N–H and O–H groups in total. The fourth-order valence-corrected chi connectivity index (χ4v) is 2.02. The molecule has 7 heteroatoms. The lowest BCUT2D eigenvalue weighted by Gasteiger charge is -2.25. The number of allylic oxidation sites excluding steroid dienone is 1. The first kappa shape index (κ1) is 18.9. The topological polar surface area (TPSA) is 99.1 Å². The molecule has 0 radical (unpaired) electrons. The first-order chi connectivity index (χ1) is 10.8. The fourth-order valence-electron chi connectivity index (χ4n) is 2.02. The molecule has 4 atom stereocenters. The minimum Gasteiger partial charge on any atom is -0.458 e. The first-order valence-corrected chi connectivity index (χ1v) is 7.40. The molecule has 0 aromatic rings. The van der Waals surface area contributed by atoms with Crippen molar-refractivity contribution >= 4 is 17.9 Å². The lowest BCUT2D eigenvalue weighted by Crippen LogP contribution is -2.35. The molecule has 0 amide bonds. The number of rotatable bonds is 3. The summed E-state index contributed by atoms with van der Waals surface area (Å²) in [5, 5.41) is 10.0. The van der Waals surface area contributed by atoms with Gasteiger partial charge < -0.3 is 19.3 Å². The molecule has 23 heavy (non-hydrogen) atoms. The van der Waals surface area contributed by atoms with Crippen molar-refractivity contribution in [3.05, 3.63) is 24.3 Å². The first-order valence-electron chi connectivity index (χ1n) is 7.40. The maximum absolute atomic E-state index is 11.7. The fraction of sp³-hybridized carbons (Fsp3) is 0.562. The summed E-state index contributed by atoms with van der Waals surface area (Å²) < 4.78 is 15.4. The second-order valence-corrected chi connectivity index (χ2v) is 5.16. The van der Waals surface area contributed by atoms with E-state index in [9.17, 15) is 19.5 Å². The Hall–Kier alpha value is -2.15. The molecule has 0 spiro atoms. The summed E-state index contributed by atoms with van der Waals surface area (Å²) in [7, 11) is 0. The molecule has 0 aliphatic carbocycles. The third kappa shape index (κ3) is 6.65. The molecule has 1 aliphatic rings. The number of hydrogen-bond donors (Lipinski definition) is 1. The zero-order valence-electron chi connectivity index (χ0n) is 13.4. The molecule has 0 aromatic carbocycles. The Kier molecular flexibility index (Phi) is 7.47. The molecule has 1 heterocycles. The molecule has 128 valence electrons. The molecule has 0 aromatic heterocycles. The maximum Gasteiger partial charge on any atom is 0.331 e. The average Bonchev–Trinajstić information content (AvgIpc) is 2.46. The molecule has 0 saturated heterocycles. The quantitative estimate of drug-likeness (QED) is 0.358. The van der Waals surface area contributed by atoms with Crippen LogP contribution in [-0.4, -0.2) is 47.4 Å². The van der Waals surface area contributed by atoms with Crippen molar-refractivity contribution in [2.75, 3.05) is 0 Å². The second kappa shape index (κ2) is 9.09. The van der Waals surface area contributed by atoms with Crippen molar-refractivity contribution in [3.63, 3.8) is 0 Å². The molecule has 1 rings (SSSR count). The summed E-state index contributed by atoms with van der Waals surface area (Å²) in [6, 6.07) is 0. The second-order valence-electron chi connectivity index (χ2n) is 5.16. The maximum atomic E-state index is 11.7. The van der Waals surface area contributed by atoms with Crippen molar-refractivity contribution in [2.45, 2.75) is 58.0 Å². The van der Waals surface area contributed by atoms with Crippen LogP contribution in [0.15, 0.2) is 24.3 Å². The SMILES string of the molecule is C/C=C/C(=O)O[C@@H]1/C=C/[C@@H](OC(C)=O)[C@H](O)CCC(=O)O[C@@H]1C. The smallest absolute Gasteiger partial charge is 0.331 e. The van der Waals surface area contributed by atoms with E-state index in [2.05, 4.69) is 0 Å². The molecular weight excluding hydrogens is 304 g/mol. The van der Waals surface area contributed by atoms with E-state index < -0.39 is 42.3 Å². The Labute approximate surface area is 134 Å². The highest BCUT2D eigenvalue weighted by molar-refractivity contribution is 5.82. The predicted octanol–water partition coefficient (Wildman–Crippen LogP) is 1.05. The zero-order valence-corrected chi connectivity index (χ0v) is 13.4. The van der Waals surface area contributed by atoms with E-state index in [-0.39, 0.29) is 12.8 Å². The Morgan fingerprint density at radius 3 is 2.57 bits per heavy atom. The van der Waals surface area contributed by atoms with Crippen LogP contribution >= 0.6 is 0 Å². The molecule has 0 bridgehead atoms. The molecule has 1 aliphatic heterocycles. The van der Waals surface area contributed by atoms with Crippen molar-refractivity contribution in [1.82, 2.24) is 0 Å². The third-order valence-electron chi connectivity index (χ3n) is 3.15. The summed E-state index contributed by atoms with van der Waals surface area (Å²) in [6.45, 7) is 4.48. The number of hydrogen-bond acceptors (Lipinski definition) is 7. The van der Waals surface area contributed by atoms with Crippen LogP contribution in [0.25, 0.3) is 0 Å². The van der Waals surface area contributed by atoms with Crippen LogP contribution < -0.4 is 0 Å². The van der Waals surface area contributed by atoms with E-state index in [1.54, 1.807) is 13.8 Å². The summed E-state index contributed by atoms with van der Waals surface area (Å²) in [5.41, 5.74) is 0. The number of carbonyl (C=O) groups excluding carboxylic acids is 3. The molecule has 7 nitrogen and oxygen atoms in total. The number of ether oxygens (including phenoxy) is 3. The van der Waals surface area contributed by atoms with E-state index in [0.29, 0.717) is 0 Å². The average molecular weight is 326 g/mol. The number of esters is 3. The molecule has 0 unspecified atom stereocenters. The number of aliphatic hydroxyl groups is 1. The molecule has 0 saturated carbocycles. The van der Waals surface area contributed by atoms with E-state index in [1.165, 1.54) is 31.2 Å². The minimum absolute atomic E-state index is 0.0351. The summed E-state index contributed by atoms with van der Waals surface area (Å²) in [4.78, 5) is 34.4. The van der Waals surface area contributed by atoms with Gasteiger partial charge in [0.05, 0.1) is 6.10 Å². The van der Waals surface area contributed by atoms with E-state index in [4.69, 9.17) is 14.2 Å². The normalized spacial score (nSPS) is 30.3. The third-order valence-corrected chi connectivity index (χ3v) is 3.15. The molecule has 0 fully saturated rings. The van der Waals surface area contributed by atoms with Crippen LogP contribution in [0.1, 0.15) is 33.6 Å². The van der Waals surface area contributed by atoms with Crippen LogP contribution in [-0.2, 0) is 28.6 Å². The van der Waals surface area contributed by atoms with Crippen molar-refractivity contribution in [2.24, 2.45) is 0 Å². The van der Waals surface area contributed by atoms with Gasteiger partial charge in [0.2, 0.25) is 0 Å². The van der Waals surface area contributed by atoms with Crippen LogP contribution in [0.2, 0.25) is 0 Å². The van der Waals surface area contributed by atoms with E-state index in [0.717, 1.165) is 0 Å². The standard InChI is InChI=1S/C16H22O7/c1-4-5-15(19)23-13-7-8-14(22-11(3)17)12(18)6-9-16(20)21-10(13)2/h4-5,7-8,10,12-14,18H,6,9H2,1-3H3/b5-4+,8-7+/t10-,12-,13-,14-/m1/s1. The van der Waals surface area contributed by atoms with Gasteiger partial charge in [-0.15, -0.1) is 0 Å². The Morgan fingerprint density at radius 1 is 1.30 bits per heavy atom.